The van der Waals surface area contributed by atoms with Crippen molar-refractivity contribution in [3.63, 3.8) is 0 Å². The van der Waals surface area contributed by atoms with Gasteiger partial charge in [0.1, 0.15) is 5.82 Å². The van der Waals surface area contributed by atoms with Crippen LogP contribution < -0.4 is 3.71 Å². The molecule has 152 valence electrons. The monoisotopic (exact) mass is 511 g/mol. The van der Waals surface area contributed by atoms with E-state index in [4.69, 9.17) is 11.6 Å². The van der Waals surface area contributed by atoms with Crippen LogP contribution in [0.5, 0.6) is 0 Å². The van der Waals surface area contributed by atoms with E-state index in [9.17, 15) is 26.0 Å². The molecule has 0 heterocycles. The van der Waals surface area contributed by atoms with Gasteiger partial charge in [-0.1, -0.05) is 11.6 Å². The zero-order valence-electron chi connectivity index (χ0n) is 14.8. The molecule has 0 amide bonds. The van der Waals surface area contributed by atoms with Crippen molar-refractivity contribution in [3.05, 3.63) is 62.8 Å². The van der Waals surface area contributed by atoms with Gasteiger partial charge in [-0.05, 0) is 66.2 Å². The number of anilines is 1. The van der Waals surface area contributed by atoms with E-state index in [2.05, 4.69) is 15.9 Å². The summed E-state index contributed by atoms with van der Waals surface area (Å²) in [5.41, 5.74) is -0.0267. The van der Waals surface area contributed by atoms with Crippen LogP contribution >= 0.6 is 27.5 Å². The number of carbonyl (C=O) groups excluding carboxylic acids is 1. The molecule has 0 aliphatic heterocycles. The summed E-state index contributed by atoms with van der Waals surface area (Å²) in [4.78, 5) is 12.7. The van der Waals surface area contributed by atoms with E-state index in [1.807, 2.05) is 0 Å². The Morgan fingerprint density at radius 1 is 1.04 bits per heavy atom. The minimum atomic E-state index is -4.20. The second-order valence-corrected chi connectivity index (χ2v) is 11.3. The zero-order chi connectivity index (χ0) is 21.3. The number of rotatable bonds is 7. The summed E-state index contributed by atoms with van der Waals surface area (Å²) < 4.78 is 63.1. The van der Waals surface area contributed by atoms with Gasteiger partial charge in [0.15, 0.2) is 5.78 Å². The van der Waals surface area contributed by atoms with Crippen LogP contribution in [0.1, 0.15) is 29.8 Å². The molecule has 0 bridgehead atoms. The highest BCUT2D eigenvalue weighted by molar-refractivity contribution is 9.10. The predicted molar refractivity (Wildman–Crippen MR) is 110 cm³/mol. The Bertz CT molecular complexity index is 1080. The van der Waals surface area contributed by atoms with Gasteiger partial charge in [-0.3, -0.25) is 4.79 Å². The van der Waals surface area contributed by atoms with Crippen LogP contribution in [-0.2, 0) is 20.0 Å². The molecule has 0 unspecified atom stereocenters. The molecule has 0 saturated heterocycles. The maximum Gasteiger partial charge on any atom is 0.248 e. The lowest BCUT2D eigenvalue weighted by molar-refractivity contribution is 0.103. The Morgan fingerprint density at radius 2 is 1.54 bits per heavy atom. The highest BCUT2D eigenvalue weighted by Crippen LogP contribution is 2.36. The van der Waals surface area contributed by atoms with Gasteiger partial charge < -0.3 is 0 Å². The van der Waals surface area contributed by atoms with E-state index in [0.717, 1.165) is 12.1 Å². The minimum Gasteiger partial charge on any atom is -0.289 e. The Morgan fingerprint density at radius 3 is 2.00 bits per heavy atom. The van der Waals surface area contributed by atoms with Crippen LogP contribution in [0.15, 0.2) is 40.9 Å². The van der Waals surface area contributed by atoms with E-state index in [0.29, 0.717) is 3.71 Å². The summed E-state index contributed by atoms with van der Waals surface area (Å²) in [5.74, 6) is -1.93. The smallest absolute Gasteiger partial charge is 0.248 e. The SMILES string of the molecule is CCS(=O)(=O)N(c1cc(Br)c(C(=O)c2ccc(F)cc2)cc1Cl)S(=O)(=O)CC. The third kappa shape index (κ3) is 4.56. The van der Waals surface area contributed by atoms with Crippen molar-refractivity contribution in [2.24, 2.45) is 0 Å². The lowest BCUT2D eigenvalue weighted by Gasteiger charge is -2.24. The van der Waals surface area contributed by atoms with Crippen LogP contribution in [0.2, 0.25) is 5.02 Å². The molecule has 0 N–H and O–H groups in total. The largest absolute Gasteiger partial charge is 0.289 e. The average molecular weight is 513 g/mol. The van der Waals surface area contributed by atoms with Crippen molar-refractivity contribution >= 4 is 59.0 Å². The van der Waals surface area contributed by atoms with Crippen molar-refractivity contribution in [3.8, 4) is 0 Å². The number of halogens is 3. The third-order valence-electron chi connectivity index (χ3n) is 3.82. The van der Waals surface area contributed by atoms with Crippen molar-refractivity contribution < 1.29 is 26.0 Å². The minimum absolute atomic E-state index is 0.0723. The van der Waals surface area contributed by atoms with Gasteiger partial charge in [-0.2, -0.15) is 3.71 Å². The lowest BCUT2D eigenvalue weighted by atomic mass is 10.0. The number of ketones is 1. The lowest BCUT2D eigenvalue weighted by Crippen LogP contribution is -2.39. The second-order valence-electron chi connectivity index (χ2n) is 5.62. The zero-order valence-corrected chi connectivity index (χ0v) is 18.8. The number of sulfonamides is 2. The number of carbonyl (C=O) groups is 1. The Balaban J connectivity index is 2.64. The molecule has 2 aromatic rings. The van der Waals surface area contributed by atoms with E-state index in [1.54, 1.807) is 0 Å². The van der Waals surface area contributed by atoms with E-state index < -0.39 is 43.2 Å². The quantitative estimate of drug-likeness (QED) is 0.524. The molecular formula is C17H16BrClFNO5S2. The molecule has 0 aromatic heterocycles. The van der Waals surface area contributed by atoms with Gasteiger partial charge in [0.25, 0.3) is 0 Å². The first kappa shape index (κ1) is 22.8. The van der Waals surface area contributed by atoms with Crippen LogP contribution in [0.3, 0.4) is 0 Å². The maximum atomic E-state index is 13.1. The molecule has 0 aliphatic carbocycles. The Kier molecular flexibility index (Phi) is 6.90. The fourth-order valence-corrected chi connectivity index (χ4v) is 6.56. The topological polar surface area (TPSA) is 88.6 Å². The highest BCUT2D eigenvalue weighted by Gasteiger charge is 2.34. The van der Waals surface area contributed by atoms with Crippen LogP contribution in [0, 0.1) is 5.82 Å². The fraction of sp³-hybridized carbons (Fsp3) is 0.235. The van der Waals surface area contributed by atoms with Gasteiger partial charge >= 0.3 is 0 Å². The van der Waals surface area contributed by atoms with Crippen molar-refractivity contribution in [2.45, 2.75) is 13.8 Å². The number of hydrogen-bond acceptors (Lipinski definition) is 5. The summed E-state index contributed by atoms with van der Waals surface area (Å²) in [7, 11) is -8.40. The van der Waals surface area contributed by atoms with E-state index in [-0.39, 0.29) is 26.3 Å². The number of hydrogen-bond donors (Lipinski definition) is 0. The maximum absolute atomic E-state index is 13.1. The standard InChI is InChI=1S/C17H16BrClFNO5S2/c1-3-27(23,24)21(28(25,26)4-2)16-10-14(18)13(9-15(16)19)17(22)11-5-7-12(20)8-6-11/h5-10H,3-4H2,1-2H3. The molecule has 0 saturated carbocycles. The molecule has 2 rings (SSSR count). The summed E-state index contributed by atoms with van der Waals surface area (Å²) in [6, 6.07) is 7.18. The molecule has 0 fully saturated rings. The van der Waals surface area contributed by atoms with Crippen LogP contribution in [0.25, 0.3) is 0 Å². The van der Waals surface area contributed by atoms with Crippen LogP contribution in [0.4, 0.5) is 10.1 Å². The summed E-state index contributed by atoms with van der Waals surface area (Å²) in [6.07, 6.45) is 0. The average Bonchev–Trinajstić information content (AvgIpc) is 2.64. The van der Waals surface area contributed by atoms with E-state index in [1.165, 1.54) is 38.1 Å². The molecule has 28 heavy (non-hydrogen) atoms. The van der Waals surface area contributed by atoms with Gasteiger partial charge in [0.05, 0.1) is 22.2 Å². The van der Waals surface area contributed by atoms with Gasteiger partial charge in [-0.15, -0.1) is 0 Å². The molecule has 0 spiro atoms. The molecule has 6 nitrogen and oxygen atoms in total. The predicted octanol–water partition coefficient (Wildman–Crippen LogP) is 3.98. The normalized spacial score (nSPS) is 12.0. The highest BCUT2D eigenvalue weighted by atomic mass is 79.9. The molecule has 0 atom stereocenters. The Hall–Kier alpha value is -1.49. The third-order valence-corrected chi connectivity index (χ3v) is 9.00. The summed E-state index contributed by atoms with van der Waals surface area (Å²) >= 11 is 9.34. The molecule has 0 aliphatic rings. The van der Waals surface area contributed by atoms with Crippen LogP contribution in [-0.4, -0.2) is 34.1 Å². The second kappa shape index (κ2) is 8.48. The van der Waals surface area contributed by atoms with Gasteiger partial charge in [0.2, 0.25) is 20.0 Å². The first-order valence-electron chi connectivity index (χ1n) is 7.99. The molecular weight excluding hydrogens is 497 g/mol. The van der Waals surface area contributed by atoms with E-state index >= 15 is 0 Å². The fourth-order valence-electron chi connectivity index (χ4n) is 2.31. The Labute approximate surface area is 176 Å². The number of benzene rings is 2. The molecule has 0 radical (unpaired) electrons. The number of nitrogens with zero attached hydrogens (tertiary/aromatic N) is 1. The van der Waals surface area contributed by atoms with Crippen molar-refractivity contribution in [2.75, 3.05) is 15.2 Å². The summed E-state index contributed by atoms with van der Waals surface area (Å²) in [5, 5.41) is -0.234. The first-order valence-corrected chi connectivity index (χ1v) is 12.4. The van der Waals surface area contributed by atoms with Crippen molar-refractivity contribution in [1.82, 2.24) is 0 Å². The molecule has 2 aromatic carbocycles. The molecule has 11 heteroatoms. The van der Waals surface area contributed by atoms with Gasteiger partial charge in [0, 0.05) is 15.6 Å². The van der Waals surface area contributed by atoms with Crippen molar-refractivity contribution in [1.29, 1.82) is 0 Å². The summed E-state index contributed by atoms with van der Waals surface area (Å²) in [6.45, 7) is 2.62. The first-order chi connectivity index (χ1) is 12.9. The van der Waals surface area contributed by atoms with Gasteiger partial charge in [-0.25, -0.2) is 21.2 Å².